The minimum atomic E-state index is 0.0331. The van der Waals surface area contributed by atoms with Gasteiger partial charge in [-0.15, -0.1) is 11.3 Å². The number of fused-ring (bicyclic) bond motifs is 4. The van der Waals surface area contributed by atoms with E-state index in [1.54, 1.807) is 11.3 Å². The van der Waals surface area contributed by atoms with E-state index in [0.717, 1.165) is 42.8 Å². The van der Waals surface area contributed by atoms with E-state index in [9.17, 15) is 10.1 Å². The third-order valence-corrected chi connectivity index (χ3v) is 7.49. The quantitative estimate of drug-likeness (QED) is 0.310. The molecule has 6 rings (SSSR count). The standard InChI is InChI=1S/C29H22N4O2S/c1-2-35-27-21(16-30)24(18-9-5-3-6-10-18)25-26-23(36-28(25)32-27)15-20-17-33(14-13-22(20)31-26)29(34)19-11-7-4-8-12-19/h3-12,15H,2,13-14,17H2,1H3. The van der Waals surface area contributed by atoms with Crippen molar-refractivity contribution in [3.63, 3.8) is 0 Å². The van der Waals surface area contributed by atoms with Gasteiger partial charge in [0.25, 0.3) is 5.91 Å². The summed E-state index contributed by atoms with van der Waals surface area (Å²) in [5.74, 6) is 0.382. The molecule has 3 aromatic heterocycles. The van der Waals surface area contributed by atoms with Gasteiger partial charge in [-0.1, -0.05) is 48.5 Å². The lowest BCUT2D eigenvalue weighted by Crippen LogP contribution is -2.36. The summed E-state index contributed by atoms with van der Waals surface area (Å²) in [6.07, 6.45) is 0.678. The summed E-state index contributed by atoms with van der Waals surface area (Å²) < 4.78 is 6.77. The fourth-order valence-electron chi connectivity index (χ4n) is 4.82. The van der Waals surface area contributed by atoms with Gasteiger partial charge < -0.3 is 9.64 Å². The van der Waals surface area contributed by atoms with Crippen molar-refractivity contribution < 1.29 is 9.53 Å². The van der Waals surface area contributed by atoms with E-state index < -0.39 is 0 Å². The Bertz CT molecular complexity index is 1660. The summed E-state index contributed by atoms with van der Waals surface area (Å²) in [7, 11) is 0. The molecule has 176 valence electrons. The maximum Gasteiger partial charge on any atom is 0.254 e. The molecule has 2 aromatic carbocycles. The fraction of sp³-hybridized carbons (Fsp3) is 0.172. The average Bonchev–Trinajstić information content (AvgIpc) is 3.28. The van der Waals surface area contributed by atoms with Crippen LogP contribution in [0, 0.1) is 11.3 Å². The number of thiophene rings is 1. The van der Waals surface area contributed by atoms with Gasteiger partial charge in [0, 0.05) is 41.7 Å². The van der Waals surface area contributed by atoms with Gasteiger partial charge in [-0.05, 0) is 36.2 Å². The molecule has 36 heavy (non-hydrogen) atoms. The third-order valence-electron chi connectivity index (χ3n) is 6.47. The number of aromatic nitrogens is 2. The first-order chi connectivity index (χ1) is 17.7. The Kier molecular flexibility index (Phi) is 5.59. The van der Waals surface area contributed by atoms with Gasteiger partial charge in [0.05, 0.1) is 16.8 Å². The molecule has 0 N–H and O–H groups in total. The van der Waals surface area contributed by atoms with E-state index in [4.69, 9.17) is 14.7 Å². The zero-order valence-electron chi connectivity index (χ0n) is 19.7. The van der Waals surface area contributed by atoms with Crippen LogP contribution in [0.3, 0.4) is 0 Å². The lowest BCUT2D eigenvalue weighted by molar-refractivity contribution is 0.0733. The van der Waals surface area contributed by atoms with E-state index >= 15 is 0 Å². The van der Waals surface area contributed by atoms with Gasteiger partial charge in [-0.2, -0.15) is 5.26 Å². The number of nitriles is 1. The largest absolute Gasteiger partial charge is 0.477 e. The summed E-state index contributed by atoms with van der Waals surface area (Å²) in [5, 5.41) is 11.0. The van der Waals surface area contributed by atoms with Crippen LogP contribution >= 0.6 is 11.3 Å². The van der Waals surface area contributed by atoms with Crippen molar-refractivity contribution >= 4 is 37.7 Å². The van der Waals surface area contributed by atoms with Crippen LogP contribution in [0.5, 0.6) is 5.88 Å². The second-order valence-electron chi connectivity index (χ2n) is 8.64. The van der Waals surface area contributed by atoms with Crippen LogP contribution < -0.4 is 4.74 Å². The number of nitrogens with zero attached hydrogens (tertiary/aromatic N) is 4. The molecule has 0 unspecified atom stereocenters. The number of hydrogen-bond acceptors (Lipinski definition) is 6. The van der Waals surface area contributed by atoms with Crippen molar-refractivity contribution in [2.45, 2.75) is 19.9 Å². The van der Waals surface area contributed by atoms with Gasteiger partial charge in [-0.25, -0.2) is 4.98 Å². The van der Waals surface area contributed by atoms with Gasteiger partial charge in [0.15, 0.2) is 0 Å². The van der Waals surface area contributed by atoms with Gasteiger partial charge in [0.2, 0.25) is 5.88 Å². The predicted octanol–water partition coefficient (Wildman–Crippen LogP) is 5.98. The number of rotatable bonds is 4. The molecule has 1 aliphatic rings. The number of benzene rings is 2. The number of pyridine rings is 2. The van der Waals surface area contributed by atoms with Crippen LogP contribution in [0.4, 0.5) is 0 Å². The van der Waals surface area contributed by atoms with E-state index in [2.05, 4.69) is 12.1 Å². The molecule has 0 atom stereocenters. The monoisotopic (exact) mass is 490 g/mol. The van der Waals surface area contributed by atoms with Crippen LogP contribution in [0.25, 0.3) is 31.6 Å². The molecular formula is C29H22N4O2S. The predicted molar refractivity (Wildman–Crippen MR) is 141 cm³/mol. The zero-order valence-corrected chi connectivity index (χ0v) is 20.5. The highest BCUT2D eigenvalue weighted by atomic mass is 32.1. The lowest BCUT2D eigenvalue weighted by Gasteiger charge is -2.28. The van der Waals surface area contributed by atoms with E-state index in [1.165, 1.54) is 0 Å². The van der Waals surface area contributed by atoms with Gasteiger partial charge in [0.1, 0.15) is 16.5 Å². The van der Waals surface area contributed by atoms with E-state index in [0.29, 0.717) is 43.1 Å². The highest BCUT2D eigenvalue weighted by Gasteiger charge is 2.26. The highest BCUT2D eigenvalue weighted by Crippen LogP contribution is 2.43. The molecule has 4 heterocycles. The van der Waals surface area contributed by atoms with Crippen molar-refractivity contribution in [1.29, 1.82) is 5.26 Å². The maximum absolute atomic E-state index is 13.0. The van der Waals surface area contributed by atoms with Crippen molar-refractivity contribution in [3.05, 3.63) is 89.1 Å². The van der Waals surface area contributed by atoms with Crippen molar-refractivity contribution in [2.75, 3.05) is 13.2 Å². The number of amides is 1. The molecule has 0 fully saturated rings. The Balaban J connectivity index is 1.51. The van der Waals surface area contributed by atoms with E-state index in [1.807, 2.05) is 72.5 Å². The van der Waals surface area contributed by atoms with Crippen LogP contribution in [0.2, 0.25) is 0 Å². The Morgan fingerprint density at radius 1 is 1.11 bits per heavy atom. The second kappa shape index (κ2) is 9.06. The van der Waals surface area contributed by atoms with Gasteiger partial charge >= 0.3 is 0 Å². The van der Waals surface area contributed by atoms with E-state index in [-0.39, 0.29) is 5.91 Å². The Morgan fingerprint density at radius 3 is 2.58 bits per heavy atom. The topological polar surface area (TPSA) is 79.1 Å². The SMILES string of the molecule is CCOc1nc2sc3cc4c(nc3c2c(-c2ccccc2)c1C#N)CCN(C(=O)c1ccccc1)C4. The van der Waals surface area contributed by atoms with Gasteiger partial charge in [-0.3, -0.25) is 9.78 Å². The molecule has 0 spiro atoms. The molecule has 6 nitrogen and oxygen atoms in total. The van der Waals surface area contributed by atoms with Crippen LogP contribution in [0.15, 0.2) is 66.7 Å². The van der Waals surface area contributed by atoms with Crippen molar-refractivity contribution in [2.24, 2.45) is 0 Å². The molecule has 0 aliphatic carbocycles. The summed E-state index contributed by atoms with van der Waals surface area (Å²) in [6, 6.07) is 23.7. The highest BCUT2D eigenvalue weighted by molar-refractivity contribution is 7.25. The molecule has 0 saturated carbocycles. The zero-order chi connectivity index (χ0) is 24.6. The summed E-state index contributed by atoms with van der Waals surface area (Å²) in [4.78, 5) is 25.5. The molecule has 0 bridgehead atoms. The number of carbonyl (C=O) groups excluding carboxylic acids is 1. The normalized spacial score (nSPS) is 12.9. The molecule has 7 heteroatoms. The molecule has 1 amide bonds. The smallest absolute Gasteiger partial charge is 0.254 e. The fourth-order valence-corrected chi connectivity index (χ4v) is 5.91. The number of hydrogen-bond donors (Lipinski definition) is 0. The lowest BCUT2D eigenvalue weighted by atomic mass is 9.97. The molecular weight excluding hydrogens is 468 g/mol. The summed E-state index contributed by atoms with van der Waals surface area (Å²) >= 11 is 1.54. The summed E-state index contributed by atoms with van der Waals surface area (Å²) in [6.45, 7) is 3.44. The number of carbonyl (C=O) groups is 1. The third kappa shape index (κ3) is 3.67. The summed E-state index contributed by atoms with van der Waals surface area (Å²) in [5.41, 5.74) is 5.75. The Hall–Kier alpha value is -4.28. The van der Waals surface area contributed by atoms with Crippen LogP contribution in [-0.4, -0.2) is 33.9 Å². The first kappa shape index (κ1) is 22.2. The Morgan fingerprint density at radius 2 is 1.86 bits per heavy atom. The molecule has 0 saturated heterocycles. The molecule has 5 aromatic rings. The minimum Gasteiger partial charge on any atom is -0.477 e. The first-order valence-electron chi connectivity index (χ1n) is 11.9. The molecule has 0 radical (unpaired) electrons. The maximum atomic E-state index is 13.0. The second-order valence-corrected chi connectivity index (χ2v) is 9.67. The molecule has 1 aliphatic heterocycles. The van der Waals surface area contributed by atoms with Crippen LogP contribution in [0.1, 0.15) is 34.1 Å². The van der Waals surface area contributed by atoms with Crippen LogP contribution in [-0.2, 0) is 13.0 Å². The van der Waals surface area contributed by atoms with Crippen molar-refractivity contribution in [1.82, 2.24) is 14.9 Å². The number of ether oxygens (including phenoxy) is 1. The Labute approximate surface area is 212 Å². The minimum absolute atomic E-state index is 0.0331. The average molecular weight is 491 g/mol. The van der Waals surface area contributed by atoms with Crippen molar-refractivity contribution in [3.8, 4) is 23.1 Å². The first-order valence-corrected chi connectivity index (χ1v) is 12.7.